The largest absolute Gasteiger partial charge is 0.496 e. The monoisotopic (exact) mass is 395 g/mol. The highest BCUT2D eigenvalue weighted by atomic mass is 32.1. The van der Waals surface area contributed by atoms with Crippen LogP contribution in [0.4, 0.5) is 10.5 Å². The quantitative estimate of drug-likeness (QED) is 0.722. The SMILES string of the molecule is COc1ccccc1-c1ncc(C(=O)Nc2ccc3c(c2)CN(C)C(=O)O3)s1. The van der Waals surface area contributed by atoms with E-state index in [1.54, 1.807) is 38.6 Å². The molecule has 1 N–H and O–H groups in total. The number of carbonyl (C=O) groups is 2. The van der Waals surface area contributed by atoms with Crippen molar-refractivity contribution in [2.75, 3.05) is 19.5 Å². The van der Waals surface area contributed by atoms with Gasteiger partial charge in [-0.2, -0.15) is 0 Å². The highest BCUT2D eigenvalue weighted by Crippen LogP contribution is 2.33. The Bertz CT molecular complexity index is 1060. The number of amides is 2. The molecule has 2 amide bonds. The molecule has 0 saturated heterocycles. The van der Waals surface area contributed by atoms with Crippen LogP contribution in [0.2, 0.25) is 0 Å². The second kappa shape index (κ2) is 7.32. The lowest BCUT2D eigenvalue weighted by atomic mass is 10.1. The van der Waals surface area contributed by atoms with E-state index in [9.17, 15) is 9.59 Å². The summed E-state index contributed by atoms with van der Waals surface area (Å²) in [7, 11) is 3.26. The lowest BCUT2D eigenvalue weighted by Crippen LogP contribution is -2.33. The van der Waals surface area contributed by atoms with Gasteiger partial charge in [0.15, 0.2) is 0 Å². The molecular weight excluding hydrogens is 378 g/mol. The van der Waals surface area contributed by atoms with Gasteiger partial charge in [0.25, 0.3) is 5.91 Å². The second-order valence-electron chi connectivity index (χ2n) is 6.23. The molecule has 0 bridgehead atoms. The number of rotatable bonds is 4. The molecule has 0 spiro atoms. The summed E-state index contributed by atoms with van der Waals surface area (Å²) in [5.41, 5.74) is 2.30. The van der Waals surface area contributed by atoms with E-state index in [4.69, 9.17) is 9.47 Å². The van der Waals surface area contributed by atoms with Gasteiger partial charge in [0.1, 0.15) is 21.4 Å². The van der Waals surface area contributed by atoms with Gasteiger partial charge >= 0.3 is 6.09 Å². The van der Waals surface area contributed by atoms with E-state index in [0.29, 0.717) is 33.6 Å². The first-order valence-electron chi connectivity index (χ1n) is 8.51. The van der Waals surface area contributed by atoms with E-state index in [2.05, 4.69) is 10.3 Å². The molecule has 1 aliphatic heterocycles. The van der Waals surface area contributed by atoms with Gasteiger partial charge < -0.3 is 19.7 Å². The molecule has 2 aromatic carbocycles. The predicted octanol–water partition coefficient (Wildman–Crippen LogP) is 4.02. The maximum Gasteiger partial charge on any atom is 0.415 e. The van der Waals surface area contributed by atoms with Crippen molar-refractivity contribution in [2.45, 2.75) is 6.54 Å². The Kier molecular flexibility index (Phi) is 4.70. The van der Waals surface area contributed by atoms with Crippen molar-refractivity contribution in [2.24, 2.45) is 0 Å². The van der Waals surface area contributed by atoms with Crippen LogP contribution in [-0.4, -0.2) is 36.0 Å². The number of carbonyl (C=O) groups excluding carboxylic acids is 2. The Morgan fingerprint density at radius 2 is 2.11 bits per heavy atom. The van der Waals surface area contributed by atoms with Crippen molar-refractivity contribution in [1.29, 1.82) is 0 Å². The zero-order valence-electron chi connectivity index (χ0n) is 15.3. The Morgan fingerprint density at radius 3 is 2.93 bits per heavy atom. The lowest BCUT2D eigenvalue weighted by Gasteiger charge is -2.24. The van der Waals surface area contributed by atoms with Crippen LogP contribution in [0, 0.1) is 0 Å². The van der Waals surface area contributed by atoms with E-state index < -0.39 is 6.09 Å². The first kappa shape index (κ1) is 18.0. The third kappa shape index (κ3) is 3.41. The van der Waals surface area contributed by atoms with Gasteiger partial charge in [0, 0.05) is 18.3 Å². The molecule has 0 aliphatic carbocycles. The summed E-state index contributed by atoms with van der Waals surface area (Å²) in [5.74, 6) is 0.967. The molecule has 2 heterocycles. The van der Waals surface area contributed by atoms with Gasteiger partial charge in [-0.15, -0.1) is 11.3 Å². The van der Waals surface area contributed by atoms with Crippen molar-refractivity contribution in [3.05, 3.63) is 59.1 Å². The number of hydrogen-bond donors (Lipinski definition) is 1. The van der Waals surface area contributed by atoms with Gasteiger partial charge in [-0.05, 0) is 30.3 Å². The zero-order valence-corrected chi connectivity index (χ0v) is 16.1. The third-order valence-corrected chi connectivity index (χ3v) is 5.33. The summed E-state index contributed by atoms with van der Waals surface area (Å²) in [5, 5.41) is 3.58. The minimum Gasteiger partial charge on any atom is -0.496 e. The molecule has 0 unspecified atom stereocenters. The van der Waals surface area contributed by atoms with Gasteiger partial charge in [-0.25, -0.2) is 9.78 Å². The van der Waals surface area contributed by atoms with E-state index in [1.807, 2.05) is 24.3 Å². The Labute approximate surface area is 165 Å². The van der Waals surface area contributed by atoms with Crippen LogP contribution in [0.1, 0.15) is 15.2 Å². The maximum absolute atomic E-state index is 12.6. The van der Waals surface area contributed by atoms with Crippen molar-refractivity contribution < 1.29 is 19.1 Å². The van der Waals surface area contributed by atoms with Crippen molar-refractivity contribution in [1.82, 2.24) is 9.88 Å². The number of para-hydroxylation sites is 1. The summed E-state index contributed by atoms with van der Waals surface area (Å²) in [4.78, 5) is 30.5. The lowest BCUT2D eigenvalue weighted by molar-refractivity contribution is 0.103. The Morgan fingerprint density at radius 1 is 1.29 bits per heavy atom. The van der Waals surface area contributed by atoms with Gasteiger partial charge in [0.2, 0.25) is 0 Å². The molecule has 142 valence electrons. The van der Waals surface area contributed by atoms with Gasteiger partial charge in [-0.1, -0.05) is 12.1 Å². The summed E-state index contributed by atoms with van der Waals surface area (Å²) in [6, 6.07) is 12.7. The van der Waals surface area contributed by atoms with Crippen LogP contribution in [0.25, 0.3) is 10.6 Å². The minimum atomic E-state index is -0.391. The number of nitrogens with one attached hydrogen (secondary N) is 1. The summed E-state index contributed by atoms with van der Waals surface area (Å²) in [6.07, 6.45) is 1.16. The number of nitrogens with zero attached hydrogens (tertiary/aromatic N) is 2. The molecule has 0 saturated carbocycles. The van der Waals surface area contributed by atoms with Crippen molar-refractivity contribution >= 4 is 29.0 Å². The van der Waals surface area contributed by atoms with Crippen LogP contribution >= 0.6 is 11.3 Å². The minimum absolute atomic E-state index is 0.250. The Balaban J connectivity index is 1.53. The standard InChI is InChI=1S/C20H17N3O4S/c1-23-11-12-9-13(7-8-15(12)27-20(23)25)22-18(24)17-10-21-19(28-17)14-5-3-4-6-16(14)26-2/h3-10H,11H2,1-2H3,(H,22,24). The molecular formula is C20H17N3O4S. The van der Waals surface area contributed by atoms with Gasteiger partial charge in [0.05, 0.1) is 25.4 Å². The van der Waals surface area contributed by atoms with E-state index in [-0.39, 0.29) is 5.91 Å². The molecule has 8 heteroatoms. The molecule has 1 aliphatic rings. The van der Waals surface area contributed by atoms with Gasteiger partial charge in [-0.3, -0.25) is 4.79 Å². The molecule has 0 atom stereocenters. The number of thiazole rings is 1. The molecule has 28 heavy (non-hydrogen) atoms. The van der Waals surface area contributed by atoms with Crippen LogP contribution in [-0.2, 0) is 6.54 Å². The maximum atomic E-state index is 12.6. The van der Waals surface area contributed by atoms with Crippen molar-refractivity contribution in [3.63, 3.8) is 0 Å². The number of hydrogen-bond acceptors (Lipinski definition) is 6. The number of methoxy groups -OCH3 is 1. The molecule has 0 fully saturated rings. The predicted molar refractivity (Wildman–Crippen MR) is 106 cm³/mol. The van der Waals surface area contributed by atoms with Crippen LogP contribution in [0.15, 0.2) is 48.7 Å². The highest BCUT2D eigenvalue weighted by molar-refractivity contribution is 7.17. The highest BCUT2D eigenvalue weighted by Gasteiger charge is 2.22. The van der Waals surface area contributed by atoms with Crippen LogP contribution in [0.5, 0.6) is 11.5 Å². The van der Waals surface area contributed by atoms with E-state index in [1.165, 1.54) is 16.2 Å². The van der Waals surface area contributed by atoms with Crippen molar-refractivity contribution in [3.8, 4) is 22.1 Å². The fourth-order valence-corrected chi connectivity index (χ4v) is 3.73. The summed E-state index contributed by atoms with van der Waals surface area (Å²) < 4.78 is 10.6. The number of fused-ring (bicyclic) bond motifs is 1. The average molecular weight is 395 g/mol. The second-order valence-corrected chi connectivity index (χ2v) is 7.26. The zero-order chi connectivity index (χ0) is 19.7. The Hall–Kier alpha value is -3.39. The third-order valence-electron chi connectivity index (χ3n) is 4.30. The first-order valence-corrected chi connectivity index (χ1v) is 9.33. The first-order chi connectivity index (χ1) is 13.5. The van der Waals surface area contributed by atoms with Crippen LogP contribution < -0.4 is 14.8 Å². The smallest absolute Gasteiger partial charge is 0.415 e. The van der Waals surface area contributed by atoms with Crippen LogP contribution in [0.3, 0.4) is 0 Å². The number of benzene rings is 2. The molecule has 0 radical (unpaired) electrons. The molecule has 4 rings (SSSR count). The van der Waals surface area contributed by atoms with E-state index in [0.717, 1.165) is 11.1 Å². The number of aromatic nitrogens is 1. The summed E-state index contributed by atoms with van der Waals surface area (Å²) in [6.45, 7) is 0.427. The number of anilines is 1. The molecule has 3 aromatic rings. The molecule has 1 aromatic heterocycles. The average Bonchev–Trinajstić information content (AvgIpc) is 3.19. The van der Waals surface area contributed by atoms with E-state index >= 15 is 0 Å². The normalized spacial score (nSPS) is 12.9. The fraction of sp³-hybridized carbons (Fsp3) is 0.150. The topological polar surface area (TPSA) is 80.8 Å². The summed E-state index contributed by atoms with van der Waals surface area (Å²) >= 11 is 1.29. The fourth-order valence-electron chi connectivity index (χ4n) is 2.89. The molecule has 7 nitrogen and oxygen atoms in total. The number of ether oxygens (including phenoxy) is 2.